The van der Waals surface area contributed by atoms with E-state index in [1.165, 1.54) is 11.3 Å². The van der Waals surface area contributed by atoms with E-state index in [4.69, 9.17) is 0 Å². The topological polar surface area (TPSA) is 58.2 Å². The number of hydrogen-bond donors (Lipinski definition) is 2. The van der Waals surface area contributed by atoms with Gasteiger partial charge in [-0.1, -0.05) is 20.3 Å². The Balaban J connectivity index is 2.69. The molecule has 0 fully saturated rings. The van der Waals surface area contributed by atoms with Gasteiger partial charge in [-0.25, -0.2) is 13.1 Å². The van der Waals surface area contributed by atoms with Crippen LogP contribution >= 0.6 is 11.3 Å². The molecule has 1 atom stereocenters. The zero-order chi connectivity index (χ0) is 13.6. The molecular weight excluding hydrogens is 268 g/mol. The van der Waals surface area contributed by atoms with Gasteiger partial charge in [0.1, 0.15) is 0 Å². The van der Waals surface area contributed by atoms with Crippen molar-refractivity contribution in [3.63, 3.8) is 0 Å². The summed E-state index contributed by atoms with van der Waals surface area (Å²) >= 11 is 1.48. The molecule has 0 aliphatic rings. The summed E-state index contributed by atoms with van der Waals surface area (Å²) in [5.74, 6) is 0. The van der Waals surface area contributed by atoms with Crippen molar-refractivity contribution in [2.75, 3.05) is 6.54 Å². The van der Waals surface area contributed by atoms with Crippen LogP contribution in [0.15, 0.2) is 16.3 Å². The fourth-order valence-corrected chi connectivity index (χ4v) is 4.19. The molecule has 2 N–H and O–H groups in total. The maximum atomic E-state index is 12.1. The van der Waals surface area contributed by atoms with E-state index in [9.17, 15) is 8.42 Å². The van der Waals surface area contributed by atoms with Crippen molar-refractivity contribution in [1.29, 1.82) is 0 Å². The molecular formula is C12H22N2O2S2. The van der Waals surface area contributed by atoms with E-state index in [-0.39, 0.29) is 6.04 Å². The van der Waals surface area contributed by atoms with E-state index in [1.54, 1.807) is 11.4 Å². The molecule has 0 bridgehead atoms. The Morgan fingerprint density at radius 3 is 2.72 bits per heavy atom. The predicted octanol–water partition coefficient (Wildman–Crippen LogP) is 2.32. The second kappa shape index (κ2) is 7.23. The highest BCUT2D eigenvalue weighted by atomic mass is 32.2. The normalized spacial score (nSPS) is 13.7. The summed E-state index contributed by atoms with van der Waals surface area (Å²) < 4.78 is 26.9. The van der Waals surface area contributed by atoms with Crippen molar-refractivity contribution in [1.82, 2.24) is 10.0 Å². The zero-order valence-electron chi connectivity index (χ0n) is 11.2. The van der Waals surface area contributed by atoms with Gasteiger partial charge in [0.15, 0.2) is 0 Å². The summed E-state index contributed by atoms with van der Waals surface area (Å²) in [6.07, 6.45) is 1.83. The monoisotopic (exact) mass is 290 g/mol. The maximum absolute atomic E-state index is 12.1. The third kappa shape index (κ3) is 4.68. The van der Waals surface area contributed by atoms with E-state index in [2.05, 4.69) is 10.0 Å². The Morgan fingerprint density at radius 2 is 2.11 bits per heavy atom. The van der Waals surface area contributed by atoms with Gasteiger partial charge in [-0.15, -0.1) is 11.3 Å². The van der Waals surface area contributed by atoms with Crippen molar-refractivity contribution in [3.05, 3.63) is 16.3 Å². The smallest absolute Gasteiger partial charge is 0.241 e. The highest BCUT2D eigenvalue weighted by molar-refractivity contribution is 7.89. The summed E-state index contributed by atoms with van der Waals surface area (Å²) in [6.45, 7) is 7.57. The highest BCUT2D eigenvalue weighted by Crippen LogP contribution is 2.19. The molecule has 1 unspecified atom stereocenters. The highest BCUT2D eigenvalue weighted by Gasteiger charge is 2.18. The van der Waals surface area contributed by atoms with Crippen LogP contribution in [0.5, 0.6) is 0 Å². The number of nitrogens with one attached hydrogen (secondary N) is 2. The lowest BCUT2D eigenvalue weighted by Gasteiger charge is -2.11. The van der Waals surface area contributed by atoms with Gasteiger partial charge >= 0.3 is 0 Å². The van der Waals surface area contributed by atoms with Crippen molar-refractivity contribution >= 4 is 21.4 Å². The van der Waals surface area contributed by atoms with E-state index in [0.717, 1.165) is 30.8 Å². The quantitative estimate of drug-likeness (QED) is 0.772. The molecule has 0 aromatic carbocycles. The summed E-state index contributed by atoms with van der Waals surface area (Å²) in [7, 11) is -3.35. The van der Waals surface area contributed by atoms with Crippen LogP contribution in [0.2, 0.25) is 0 Å². The van der Waals surface area contributed by atoms with Gasteiger partial charge in [-0.2, -0.15) is 0 Å². The van der Waals surface area contributed by atoms with Gasteiger partial charge in [0.05, 0.1) is 4.90 Å². The molecule has 0 radical (unpaired) electrons. The van der Waals surface area contributed by atoms with Gasteiger partial charge < -0.3 is 5.32 Å². The molecule has 0 spiro atoms. The Morgan fingerprint density at radius 1 is 1.39 bits per heavy atom. The van der Waals surface area contributed by atoms with Gasteiger partial charge in [0, 0.05) is 22.8 Å². The van der Waals surface area contributed by atoms with Crippen LogP contribution in [0.1, 0.15) is 38.5 Å². The van der Waals surface area contributed by atoms with Gasteiger partial charge in [-0.05, 0) is 26.0 Å². The molecule has 4 nitrogen and oxygen atoms in total. The summed E-state index contributed by atoms with van der Waals surface area (Å²) in [5, 5.41) is 4.89. The first-order valence-corrected chi connectivity index (χ1v) is 8.66. The molecule has 0 saturated carbocycles. The lowest BCUT2D eigenvalue weighted by molar-refractivity contribution is 0.544. The Hall–Kier alpha value is -0.430. The summed E-state index contributed by atoms with van der Waals surface area (Å²) in [6, 6.07) is 1.73. The van der Waals surface area contributed by atoms with E-state index >= 15 is 0 Å². The Labute approximate surface area is 114 Å². The second-order valence-corrected chi connectivity index (χ2v) is 7.05. The SMILES string of the molecule is CCCC(C)NS(=O)(=O)c1csc(CNCC)c1. The van der Waals surface area contributed by atoms with Crippen molar-refractivity contribution in [3.8, 4) is 0 Å². The van der Waals surface area contributed by atoms with Crippen molar-refractivity contribution in [2.24, 2.45) is 0 Å². The van der Waals surface area contributed by atoms with Crippen LogP contribution in [0.3, 0.4) is 0 Å². The van der Waals surface area contributed by atoms with Crippen molar-refractivity contribution < 1.29 is 8.42 Å². The molecule has 6 heteroatoms. The molecule has 1 heterocycles. The molecule has 0 amide bonds. The van der Waals surface area contributed by atoms with Gasteiger partial charge in [-0.3, -0.25) is 0 Å². The second-order valence-electron chi connectivity index (χ2n) is 4.34. The molecule has 1 aromatic rings. The third-order valence-electron chi connectivity index (χ3n) is 2.57. The van der Waals surface area contributed by atoms with E-state index in [1.807, 2.05) is 20.8 Å². The fraction of sp³-hybridized carbons (Fsp3) is 0.667. The summed E-state index contributed by atoms with van der Waals surface area (Å²) in [5.41, 5.74) is 0. The van der Waals surface area contributed by atoms with Gasteiger partial charge in [0.2, 0.25) is 10.0 Å². The van der Waals surface area contributed by atoms with Crippen LogP contribution < -0.4 is 10.0 Å². The molecule has 0 aliphatic heterocycles. The largest absolute Gasteiger partial charge is 0.312 e. The van der Waals surface area contributed by atoms with Crippen molar-refractivity contribution in [2.45, 2.75) is 51.1 Å². The van der Waals surface area contributed by atoms with Crippen LogP contribution in [0, 0.1) is 0 Å². The molecule has 1 rings (SSSR count). The summed E-state index contributed by atoms with van der Waals surface area (Å²) in [4.78, 5) is 1.42. The minimum absolute atomic E-state index is 0.0166. The molecule has 18 heavy (non-hydrogen) atoms. The number of hydrogen-bond acceptors (Lipinski definition) is 4. The van der Waals surface area contributed by atoms with E-state index in [0.29, 0.717) is 4.90 Å². The number of sulfonamides is 1. The van der Waals surface area contributed by atoms with Crippen LogP contribution in [0.25, 0.3) is 0 Å². The first-order valence-electron chi connectivity index (χ1n) is 6.30. The fourth-order valence-electron chi connectivity index (χ4n) is 1.67. The lowest BCUT2D eigenvalue weighted by atomic mass is 10.2. The minimum atomic E-state index is -3.35. The maximum Gasteiger partial charge on any atom is 0.241 e. The van der Waals surface area contributed by atoms with Crippen LogP contribution in [0.4, 0.5) is 0 Å². The Kier molecular flexibility index (Phi) is 6.28. The molecule has 0 saturated heterocycles. The van der Waals surface area contributed by atoms with Crippen LogP contribution in [-0.2, 0) is 16.6 Å². The minimum Gasteiger partial charge on any atom is -0.312 e. The predicted molar refractivity (Wildman–Crippen MR) is 76.4 cm³/mol. The van der Waals surface area contributed by atoms with E-state index < -0.39 is 10.0 Å². The average molecular weight is 290 g/mol. The first kappa shape index (κ1) is 15.6. The zero-order valence-corrected chi connectivity index (χ0v) is 12.8. The molecule has 0 aliphatic carbocycles. The Bertz CT molecular complexity index is 454. The third-order valence-corrected chi connectivity index (χ3v) is 5.22. The van der Waals surface area contributed by atoms with Crippen LogP contribution in [-0.4, -0.2) is 21.0 Å². The molecule has 104 valence electrons. The first-order chi connectivity index (χ1) is 8.49. The average Bonchev–Trinajstić information content (AvgIpc) is 2.75. The standard InChI is InChI=1S/C12H22N2O2S2/c1-4-6-10(3)14-18(15,16)12-7-11(17-9-12)8-13-5-2/h7,9-10,13-14H,4-6,8H2,1-3H3. The van der Waals surface area contributed by atoms with Gasteiger partial charge in [0.25, 0.3) is 0 Å². The molecule has 1 aromatic heterocycles. The number of rotatable bonds is 8. The number of thiophene rings is 1. The lowest BCUT2D eigenvalue weighted by Crippen LogP contribution is -2.32.